The number of benzene rings is 2. The molecule has 0 bridgehead atoms. The minimum atomic E-state index is -4.05. The highest BCUT2D eigenvalue weighted by molar-refractivity contribution is 7.90. The molecule has 0 aliphatic carbocycles. The lowest BCUT2D eigenvalue weighted by molar-refractivity contribution is -0.123. The number of alkyl carbamates (subject to hydrolysis) is 1. The van der Waals surface area contributed by atoms with Crippen molar-refractivity contribution in [3.63, 3.8) is 0 Å². The summed E-state index contributed by atoms with van der Waals surface area (Å²) in [6.07, 6.45) is 0.360. The molecule has 1 heterocycles. The van der Waals surface area contributed by atoms with Crippen LogP contribution < -0.4 is 20.1 Å². The number of unbranched alkanes of at least 4 members (excludes halogenated alkanes) is 2. The molecule has 15 heteroatoms. The number of carbonyl (C=O) groups excluding carboxylic acids is 4. The summed E-state index contributed by atoms with van der Waals surface area (Å²) >= 11 is 0. The zero-order valence-corrected chi connectivity index (χ0v) is 26.3. The van der Waals surface area contributed by atoms with E-state index in [9.17, 15) is 32.7 Å². The number of aromatic hydroxyl groups is 1. The van der Waals surface area contributed by atoms with Gasteiger partial charge in [-0.15, -0.1) is 0 Å². The number of ether oxygens (including phenoxy) is 3. The fraction of sp³-hybridized carbons (Fsp3) is 0.467. The van der Waals surface area contributed by atoms with Gasteiger partial charge in [0.25, 0.3) is 0 Å². The van der Waals surface area contributed by atoms with E-state index in [0.29, 0.717) is 24.8 Å². The zero-order chi connectivity index (χ0) is 33.4. The summed E-state index contributed by atoms with van der Waals surface area (Å²) in [5, 5.41) is 13.8. The molecule has 2 aromatic carbocycles. The number of esters is 1. The van der Waals surface area contributed by atoms with E-state index in [1.807, 2.05) is 4.72 Å². The van der Waals surface area contributed by atoms with Crippen LogP contribution in [0.25, 0.3) is 0 Å². The Balaban J connectivity index is 1.57. The summed E-state index contributed by atoms with van der Waals surface area (Å²) < 4.78 is 56.8. The van der Waals surface area contributed by atoms with E-state index in [-0.39, 0.29) is 42.2 Å². The van der Waals surface area contributed by atoms with Gasteiger partial charge in [-0.3, -0.25) is 14.3 Å². The molecule has 1 saturated heterocycles. The highest BCUT2D eigenvalue weighted by Gasteiger charge is 2.39. The molecule has 0 aromatic heterocycles. The molecule has 1 aliphatic rings. The first-order valence-electron chi connectivity index (χ1n) is 14.2. The van der Waals surface area contributed by atoms with Crippen LogP contribution in [0, 0.1) is 5.82 Å². The minimum absolute atomic E-state index is 0.0685. The van der Waals surface area contributed by atoms with Crippen molar-refractivity contribution in [2.75, 3.05) is 20.3 Å². The number of rotatable bonds is 13. The van der Waals surface area contributed by atoms with Crippen molar-refractivity contribution in [2.24, 2.45) is 0 Å². The number of hydrogen-bond donors (Lipinski definition) is 4. The van der Waals surface area contributed by atoms with Gasteiger partial charge in [0.05, 0.1) is 20.1 Å². The smallest absolute Gasteiger partial charge is 0.408 e. The van der Waals surface area contributed by atoms with E-state index >= 15 is 4.39 Å². The lowest BCUT2D eigenvalue weighted by Crippen LogP contribution is -2.49. The van der Waals surface area contributed by atoms with Gasteiger partial charge < -0.3 is 30.0 Å². The van der Waals surface area contributed by atoms with Crippen molar-refractivity contribution >= 4 is 33.9 Å². The summed E-state index contributed by atoms with van der Waals surface area (Å²) in [6.45, 7) is 5.46. The monoisotopic (exact) mass is 651 g/mol. The van der Waals surface area contributed by atoms with Gasteiger partial charge in [0, 0.05) is 18.5 Å². The van der Waals surface area contributed by atoms with Crippen LogP contribution in [0.1, 0.15) is 73.2 Å². The Bertz CT molecular complexity index is 1520. The van der Waals surface area contributed by atoms with Gasteiger partial charge in [-0.25, -0.2) is 22.4 Å². The fourth-order valence-corrected chi connectivity index (χ4v) is 5.99. The highest BCUT2D eigenvalue weighted by atomic mass is 32.2. The third-order valence-electron chi connectivity index (χ3n) is 6.63. The highest BCUT2D eigenvalue weighted by Crippen LogP contribution is 2.32. The van der Waals surface area contributed by atoms with Crippen molar-refractivity contribution in [1.82, 2.24) is 15.4 Å². The van der Waals surface area contributed by atoms with Gasteiger partial charge in [-0.2, -0.15) is 0 Å². The lowest BCUT2D eigenvalue weighted by atomic mass is 10.0. The average Bonchev–Trinajstić information content (AvgIpc) is 3.21. The number of amides is 3. The Hall–Kier alpha value is -4.40. The Labute approximate surface area is 260 Å². The van der Waals surface area contributed by atoms with Crippen molar-refractivity contribution < 1.29 is 51.3 Å². The molecule has 1 fully saturated rings. The number of phenolic OH excluding ortho intramolecular Hbond substituents is 1. The topological polar surface area (TPSA) is 186 Å². The van der Waals surface area contributed by atoms with Crippen molar-refractivity contribution in [3.8, 4) is 11.5 Å². The molecule has 13 nitrogen and oxygen atoms in total. The Morgan fingerprint density at radius 2 is 1.87 bits per heavy atom. The van der Waals surface area contributed by atoms with Gasteiger partial charge in [-0.1, -0.05) is 18.2 Å². The molecule has 45 heavy (non-hydrogen) atoms. The average molecular weight is 652 g/mol. The second-order valence-electron chi connectivity index (χ2n) is 11.4. The van der Waals surface area contributed by atoms with Crippen LogP contribution in [0.15, 0.2) is 36.4 Å². The summed E-state index contributed by atoms with van der Waals surface area (Å²) in [5.41, 5.74) is -0.777. The van der Waals surface area contributed by atoms with E-state index in [1.54, 1.807) is 20.8 Å². The summed E-state index contributed by atoms with van der Waals surface area (Å²) in [6, 6.07) is 7.04. The van der Waals surface area contributed by atoms with Gasteiger partial charge in [0.2, 0.25) is 21.8 Å². The third kappa shape index (κ3) is 10.1. The maximum Gasteiger partial charge on any atom is 0.408 e. The van der Waals surface area contributed by atoms with Crippen LogP contribution >= 0.6 is 0 Å². The molecule has 2 atom stereocenters. The molecule has 1 unspecified atom stereocenters. The predicted molar refractivity (Wildman–Crippen MR) is 159 cm³/mol. The molecule has 3 rings (SSSR count). The number of carbonyl (C=O) groups is 4. The first kappa shape index (κ1) is 35.1. The van der Waals surface area contributed by atoms with Crippen LogP contribution in [0.4, 0.5) is 9.18 Å². The fourth-order valence-electron chi connectivity index (χ4n) is 4.55. The first-order chi connectivity index (χ1) is 21.1. The van der Waals surface area contributed by atoms with Crippen LogP contribution in [0.2, 0.25) is 0 Å². The predicted octanol–water partition coefficient (Wildman–Crippen LogP) is 3.01. The SMILES string of the molecule is COC(=O)c1c(O)cccc1OCCCCCNC(=O)[C@H](Cc1ccc(C2CC(=O)NS2(=O)=O)c(F)c1)NC(=O)OC(C)(C)C. The molecule has 3 amide bonds. The normalized spacial score (nSPS) is 16.3. The van der Waals surface area contributed by atoms with E-state index in [0.717, 1.165) is 6.07 Å². The van der Waals surface area contributed by atoms with Gasteiger partial charge in [0.1, 0.15) is 39.8 Å². The molecule has 2 aromatic rings. The van der Waals surface area contributed by atoms with E-state index < -0.39 is 63.0 Å². The van der Waals surface area contributed by atoms with Crippen LogP contribution in [0.5, 0.6) is 11.5 Å². The molecule has 1 aliphatic heterocycles. The minimum Gasteiger partial charge on any atom is -0.507 e. The standard InChI is InChI=1S/C30H38FN3O10S/c1-30(2,3)44-29(39)33-21(16-18-11-12-19(20(31)15-18)24-17-25(36)34-45(24,40)41)27(37)32-13-6-5-7-14-43-23-10-8-9-22(35)26(23)28(38)42-4/h8-12,15,21,24,35H,5-7,13-14,16-17H2,1-4H3,(H,32,37)(H,33,39)(H,34,36)/t21-,24?/m0/s1. The van der Waals surface area contributed by atoms with Crippen molar-refractivity contribution in [1.29, 1.82) is 0 Å². The third-order valence-corrected chi connectivity index (χ3v) is 8.31. The Morgan fingerprint density at radius 3 is 2.49 bits per heavy atom. The molecular weight excluding hydrogens is 613 g/mol. The van der Waals surface area contributed by atoms with E-state index in [1.165, 1.54) is 37.4 Å². The van der Waals surface area contributed by atoms with E-state index in [4.69, 9.17) is 9.47 Å². The van der Waals surface area contributed by atoms with Gasteiger partial charge >= 0.3 is 12.1 Å². The first-order valence-corrected chi connectivity index (χ1v) is 15.8. The molecular formula is C30H38FN3O10S. The second-order valence-corrected chi connectivity index (χ2v) is 13.2. The molecule has 246 valence electrons. The quantitative estimate of drug-likeness (QED) is 0.185. The summed E-state index contributed by atoms with van der Waals surface area (Å²) in [7, 11) is -2.85. The van der Waals surface area contributed by atoms with Crippen LogP contribution in [-0.2, 0) is 35.5 Å². The number of halogens is 1. The Kier molecular flexibility index (Phi) is 11.7. The maximum atomic E-state index is 15.0. The molecule has 4 N–H and O–H groups in total. The van der Waals surface area contributed by atoms with Crippen LogP contribution in [-0.4, -0.2) is 69.3 Å². The number of nitrogens with one attached hydrogen (secondary N) is 3. The second kappa shape index (κ2) is 15.1. The summed E-state index contributed by atoms with van der Waals surface area (Å²) in [4.78, 5) is 49.1. The molecule has 0 spiro atoms. The Morgan fingerprint density at radius 1 is 1.13 bits per heavy atom. The number of methoxy groups -OCH3 is 1. The number of phenols is 1. The van der Waals surface area contributed by atoms with Crippen molar-refractivity contribution in [2.45, 2.75) is 69.8 Å². The number of sulfonamides is 1. The maximum absolute atomic E-state index is 15.0. The molecule has 0 radical (unpaired) electrons. The summed E-state index contributed by atoms with van der Waals surface area (Å²) in [5.74, 6) is -2.93. The largest absolute Gasteiger partial charge is 0.507 e. The van der Waals surface area contributed by atoms with E-state index in [2.05, 4.69) is 15.4 Å². The van der Waals surface area contributed by atoms with Gasteiger partial charge in [-0.05, 0) is 63.8 Å². The number of hydrogen-bond acceptors (Lipinski definition) is 10. The van der Waals surface area contributed by atoms with Crippen LogP contribution in [0.3, 0.4) is 0 Å². The van der Waals surface area contributed by atoms with Gasteiger partial charge in [0.15, 0.2) is 0 Å². The zero-order valence-electron chi connectivity index (χ0n) is 25.5. The molecule has 0 saturated carbocycles. The van der Waals surface area contributed by atoms with Crippen molar-refractivity contribution in [3.05, 3.63) is 58.9 Å². The lowest BCUT2D eigenvalue weighted by Gasteiger charge is -2.23.